The lowest BCUT2D eigenvalue weighted by Crippen LogP contribution is -2.38. The zero-order chi connectivity index (χ0) is 20.0. The van der Waals surface area contributed by atoms with Crippen molar-refractivity contribution in [1.82, 2.24) is 10.1 Å². The van der Waals surface area contributed by atoms with Gasteiger partial charge in [0.25, 0.3) is 5.91 Å². The minimum atomic E-state index is 0.100. The third-order valence-electron chi connectivity index (χ3n) is 6.05. The molecule has 1 aromatic heterocycles. The van der Waals surface area contributed by atoms with Gasteiger partial charge < -0.3 is 14.2 Å². The van der Waals surface area contributed by atoms with Crippen LogP contribution in [0.4, 0.5) is 5.69 Å². The van der Waals surface area contributed by atoms with E-state index in [-0.39, 0.29) is 5.91 Å². The molecule has 0 unspecified atom stereocenters. The molecule has 3 heterocycles. The molecule has 2 aliphatic rings. The summed E-state index contributed by atoms with van der Waals surface area (Å²) in [7, 11) is 0. The van der Waals surface area contributed by atoms with Crippen LogP contribution in [0.25, 0.3) is 21.9 Å². The molecule has 3 aromatic rings. The number of rotatable bonds is 5. The van der Waals surface area contributed by atoms with E-state index in [0.717, 1.165) is 90.4 Å². The maximum Gasteiger partial charge on any atom is 0.258 e. The fraction of sp³-hybridized carbons (Fsp3) is 0.391. The number of nitrogens with zero attached hydrogens (tertiary/aromatic N) is 3. The van der Waals surface area contributed by atoms with Crippen LogP contribution in [-0.2, 0) is 4.74 Å². The van der Waals surface area contributed by atoms with Gasteiger partial charge in [0.2, 0.25) is 0 Å². The van der Waals surface area contributed by atoms with E-state index in [1.54, 1.807) is 0 Å². The monoisotopic (exact) mass is 391 g/mol. The number of amides is 1. The van der Waals surface area contributed by atoms with Crippen LogP contribution >= 0.6 is 0 Å². The third-order valence-corrected chi connectivity index (χ3v) is 6.05. The van der Waals surface area contributed by atoms with E-state index >= 15 is 0 Å². The maximum atomic E-state index is 13.2. The lowest BCUT2D eigenvalue weighted by atomic mass is 9.95. The predicted octanol–water partition coefficient (Wildman–Crippen LogP) is 3.79. The maximum absolute atomic E-state index is 13.2. The van der Waals surface area contributed by atoms with Crippen molar-refractivity contribution in [3.63, 3.8) is 0 Å². The number of morpholine rings is 1. The van der Waals surface area contributed by atoms with Gasteiger partial charge in [-0.25, -0.2) is 0 Å². The van der Waals surface area contributed by atoms with Crippen molar-refractivity contribution in [1.29, 1.82) is 0 Å². The Morgan fingerprint density at radius 2 is 1.86 bits per heavy atom. The number of benzene rings is 2. The van der Waals surface area contributed by atoms with Gasteiger partial charge in [-0.05, 0) is 43.4 Å². The first-order valence-electron chi connectivity index (χ1n) is 10.3. The van der Waals surface area contributed by atoms with Crippen LogP contribution in [0.1, 0.15) is 28.2 Å². The van der Waals surface area contributed by atoms with Crippen LogP contribution in [0.5, 0.6) is 0 Å². The van der Waals surface area contributed by atoms with Crippen molar-refractivity contribution in [3.8, 4) is 11.1 Å². The molecular weight excluding hydrogens is 366 g/mol. The van der Waals surface area contributed by atoms with Gasteiger partial charge in [-0.1, -0.05) is 23.4 Å². The zero-order valence-corrected chi connectivity index (χ0v) is 16.9. The standard InChI is InChI=1S/C23H25N3O3/c1-15-21(16(2)29-24-15)18-7-8-20-22-17(18)5-3-6-19(22)23(27)26(20)10-4-9-25-11-13-28-14-12-25/h3,5-8H,4,9-14H2,1-2H3. The van der Waals surface area contributed by atoms with Gasteiger partial charge in [-0.3, -0.25) is 9.69 Å². The Morgan fingerprint density at radius 3 is 2.62 bits per heavy atom. The van der Waals surface area contributed by atoms with E-state index in [4.69, 9.17) is 9.26 Å². The summed E-state index contributed by atoms with van der Waals surface area (Å²) in [4.78, 5) is 17.5. The molecule has 5 rings (SSSR count). The second-order valence-corrected chi connectivity index (χ2v) is 7.82. The van der Waals surface area contributed by atoms with Crippen LogP contribution in [0, 0.1) is 13.8 Å². The summed E-state index contributed by atoms with van der Waals surface area (Å²) < 4.78 is 10.8. The molecule has 0 spiro atoms. The summed E-state index contributed by atoms with van der Waals surface area (Å²) in [5, 5.41) is 6.23. The second kappa shape index (κ2) is 7.28. The Bertz CT molecular complexity index is 1060. The highest BCUT2D eigenvalue weighted by molar-refractivity contribution is 6.26. The van der Waals surface area contributed by atoms with Gasteiger partial charge in [0, 0.05) is 42.7 Å². The molecule has 1 saturated heterocycles. The van der Waals surface area contributed by atoms with Crippen LogP contribution < -0.4 is 4.90 Å². The highest BCUT2D eigenvalue weighted by Crippen LogP contribution is 2.43. The molecule has 0 radical (unpaired) electrons. The molecule has 1 amide bonds. The molecule has 150 valence electrons. The van der Waals surface area contributed by atoms with Crippen molar-refractivity contribution in [3.05, 3.63) is 47.3 Å². The molecule has 2 aromatic carbocycles. The topological polar surface area (TPSA) is 58.8 Å². The summed E-state index contributed by atoms with van der Waals surface area (Å²) in [6.45, 7) is 9.17. The smallest absolute Gasteiger partial charge is 0.258 e. The Balaban J connectivity index is 1.47. The molecule has 6 heteroatoms. The van der Waals surface area contributed by atoms with Crippen molar-refractivity contribution in [2.24, 2.45) is 0 Å². The predicted molar refractivity (Wildman–Crippen MR) is 112 cm³/mol. The molecule has 0 saturated carbocycles. The number of anilines is 1. The fourth-order valence-electron chi connectivity index (χ4n) is 4.63. The first kappa shape index (κ1) is 18.3. The number of aromatic nitrogens is 1. The summed E-state index contributed by atoms with van der Waals surface area (Å²) >= 11 is 0. The molecule has 1 fully saturated rings. The lowest BCUT2D eigenvalue weighted by Gasteiger charge is -2.27. The fourth-order valence-corrected chi connectivity index (χ4v) is 4.63. The van der Waals surface area contributed by atoms with E-state index in [1.807, 2.05) is 30.9 Å². The van der Waals surface area contributed by atoms with Crippen molar-refractivity contribution in [2.75, 3.05) is 44.3 Å². The van der Waals surface area contributed by atoms with Crippen LogP contribution in [0.2, 0.25) is 0 Å². The summed E-state index contributed by atoms with van der Waals surface area (Å²) in [6.07, 6.45) is 0.951. The Kier molecular flexibility index (Phi) is 4.60. The molecule has 29 heavy (non-hydrogen) atoms. The minimum Gasteiger partial charge on any atom is -0.379 e. The van der Waals surface area contributed by atoms with Gasteiger partial charge in [0.05, 0.1) is 24.6 Å². The van der Waals surface area contributed by atoms with Gasteiger partial charge >= 0.3 is 0 Å². The van der Waals surface area contributed by atoms with Crippen LogP contribution in [0.3, 0.4) is 0 Å². The largest absolute Gasteiger partial charge is 0.379 e. The highest BCUT2D eigenvalue weighted by atomic mass is 16.5. The SMILES string of the molecule is Cc1noc(C)c1-c1ccc2c3c(cccc13)C(=O)N2CCCN1CCOCC1. The van der Waals surface area contributed by atoms with Crippen molar-refractivity contribution >= 4 is 22.4 Å². The number of hydrogen-bond donors (Lipinski definition) is 0. The first-order chi connectivity index (χ1) is 14.1. The van der Waals surface area contributed by atoms with Gasteiger partial charge in [0.1, 0.15) is 5.76 Å². The average molecular weight is 391 g/mol. The first-order valence-corrected chi connectivity index (χ1v) is 10.3. The highest BCUT2D eigenvalue weighted by Gasteiger charge is 2.31. The molecule has 0 N–H and O–H groups in total. The molecule has 0 bridgehead atoms. The average Bonchev–Trinajstić information content (AvgIpc) is 3.22. The molecule has 0 atom stereocenters. The normalized spacial score (nSPS) is 16.9. The van der Waals surface area contributed by atoms with Crippen LogP contribution in [-0.4, -0.2) is 55.4 Å². The van der Waals surface area contributed by atoms with E-state index in [9.17, 15) is 4.79 Å². The zero-order valence-electron chi connectivity index (χ0n) is 16.9. The number of ether oxygens (including phenoxy) is 1. The van der Waals surface area contributed by atoms with Gasteiger partial charge in [-0.15, -0.1) is 0 Å². The molecule has 2 aliphatic heterocycles. The van der Waals surface area contributed by atoms with E-state index in [1.165, 1.54) is 0 Å². The summed E-state index contributed by atoms with van der Waals surface area (Å²) in [5.74, 6) is 0.901. The van der Waals surface area contributed by atoms with Crippen molar-refractivity contribution in [2.45, 2.75) is 20.3 Å². The number of carbonyl (C=O) groups is 1. The summed E-state index contributed by atoms with van der Waals surface area (Å²) in [6, 6.07) is 10.2. The van der Waals surface area contributed by atoms with Crippen LogP contribution in [0.15, 0.2) is 34.9 Å². The number of aryl methyl sites for hydroxylation is 2. The van der Waals surface area contributed by atoms with Gasteiger partial charge in [0.15, 0.2) is 0 Å². The Hall–Kier alpha value is -2.70. The summed E-state index contributed by atoms with van der Waals surface area (Å²) in [5.41, 5.74) is 4.77. The molecule has 0 aliphatic carbocycles. The lowest BCUT2D eigenvalue weighted by molar-refractivity contribution is 0.0376. The quantitative estimate of drug-likeness (QED) is 0.662. The van der Waals surface area contributed by atoms with E-state index in [0.29, 0.717) is 0 Å². The number of carbonyl (C=O) groups excluding carboxylic acids is 1. The number of hydrogen-bond acceptors (Lipinski definition) is 5. The minimum absolute atomic E-state index is 0.100. The molecule has 6 nitrogen and oxygen atoms in total. The third kappa shape index (κ3) is 3.03. The van der Waals surface area contributed by atoms with E-state index in [2.05, 4.69) is 28.3 Å². The second-order valence-electron chi connectivity index (χ2n) is 7.82. The van der Waals surface area contributed by atoms with E-state index < -0.39 is 0 Å². The van der Waals surface area contributed by atoms with Gasteiger partial charge in [-0.2, -0.15) is 0 Å². The Labute approximate surface area is 170 Å². The molecular formula is C23H25N3O3. The van der Waals surface area contributed by atoms with Crippen molar-refractivity contribution < 1.29 is 14.1 Å². The Morgan fingerprint density at radius 1 is 1.03 bits per heavy atom.